The Labute approximate surface area is 73.7 Å². The quantitative estimate of drug-likeness (QED) is 0.617. The summed E-state index contributed by atoms with van der Waals surface area (Å²) in [4.78, 5) is 12.1. The van der Waals surface area contributed by atoms with Crippen molar-refractivity contribution in [3.63, 3.8) is 0 Å². The van der Waals surface area contributed by atoms with E-state index < -0.39 is 0 Å². The summed E-state index contributed by atoms with van der Waals surface area (Å²) >= 11 is 7.38. The minimum absolute atomic E-state index is 0.188. The van der Waals surface area contributed by atoms with E-state index in [0.717, 1.165) is 10.5 Å². The van der Waals surface area contributed by atoms with Crippen LogP contribution in [0.2, 0.25) is 5.02 Å². The van der Waals surface area contributed by atoms with Crippen LogP contribution in [-0.4, -0.2) is 11.5 Å². The van der Waals surface area contributed by atoms with E-state index in [1.165, 1.54) is 11.8 Å². The smallest absolute Gasteiger partial charge is 0.174 e. The first-order valence-corrected chi connectivity index (χ1v) is 4.60. The molecule has 0 saturated heterocycles. The van der Waals surface area contributed by atoms with Gasteiger partial charge in [-0.3, -0.25) is 4.79 Å². The minimum atomic E-state index is 0.188. The van der Waals surface area contributed by atoms with Gasteiger partial charge in [0.15, 0.2) is 5.78 Å². The summed E-state index contributed by atoms with van der Waals surface area (Å²) in [7, 11) is 0. The zero-order valence-electron chi connectivity index (χ0n) is 5.63. The van der Waals surface area contributed by atoms with Crippen LogP contribution >= 0.6 is 23.4 Å². The number of hydrogen-bond donors (Lipinski definition) is 0. The van der Waals surface area contributed by atoms with Gasteiger partial charge in [-0.2, -0.15) is 0 Å². The fourth-order valence-corrected chi connectivity index (χ4v) is 2.40. The van der Waals surface area contributed by atoms with Gasteiger partial charge in [0.2, 0.25) is 0 Å². The molecule has 56 valence electrons. The van der Waals surface area contributed by atoms with Gasteiger partial charge in [0.05, 0.1) is 10.8 Å². The maximum Gasteiger partial charge on any atom is 0.174 e. The number of rotatable bonds is 0. The predicted octanol–water partition coefficient (Wildman–Crippen LogP) is 2.63. The summed E-state index contributed by atoms with van der Waals surface area (Å²) in [6.45, 7) is 0. The van der Waals surface area contributed by atoms with E-state index in [9.17, 15) is 4.79 Å². The van der Waals surface area contributed by atoms with Gasteiger partial charge in [0.25, 0.3) is 0 Å². The van der Waals surface area contributed by atoms with Crippen molar-refractivity contribution in [3.8, 4) is 0 Å². The SMILES string of the molecule is O=C1CSc2c(Cl)cccc21. The summed E-state index contributed by atoms with van der Waals surface area (Å²) in [6.07, 6.45) is 0. The lowest BCUT2D eigenvalue weighted by Gasteiger charge is -1.96. The van der Waals surface area contributed by atoms with Crippen molar-refractivity contribution in [3.05, 3.63) is 28.8 Å². The monoisotopic (exact) mass is 184 g/mol. The lowest BCUT2D eigenvalue weighted by Crippen LogP contribution is -1.93. The first kappa shape index (κ1) is 7.19. The Kier molecular flexibility index (Phi) is 1.66. The van der Waals surface area contributed by atoms with Gasteiger partial charge >= 0.3 is 0 Å². The van der Waals surface area contributed by atoms with E-state index in [0.29, 0.717) is 10.8 Å². The molecule has 0 N–H and O–H groups in total. The first-order valence-electron chi connectivity index (χ1n) is 3.23. The van der Waals surface area contributed by atoms with Gasteiger partial charge in [0, 0.05) is 10.5 Å². The van der Waals surface area contributed by atoms with Gasteiger partial charge in [-0.25, -0.2) is 0 Å². The van der Waals surface area contributed by atoms with Crippen molar-refractivity contribution >= 4 is 29.1 Å². The predicted molar refractivity (Wildman–Crippen MR) is 46.5 cm³/mol. The van der Waals surface area contributed by atoms with E-state index >= 15 is 0 Å². The molecule has 1 heterocycles. The molecule has 11 heavy (non-hydrogen) atoms. The highest BCUT2D eigenvalue weighted by Crippen LogP contribution is 2.36. The number of carbonyl (C=O) groups is 1. The number of ketones is 1. The molecule has 1 aliphatic heterocycles. The molecule has 1 nitrogen and oxygen atoms in total. The topological polar surface area (TPSA) is 17.1 Å². The Bertz CT molecular complexity index is 322. The molecule has 0 atom stereocenters. The summed E-state index contributed by atoms with van der Waals surface area (Å²) in [5.41, 5.74) is 0.780. The van der Waals surface area contributed by atoms with Gasteiger partial charge in [-0.05, 0) is 6.07 Å². The number of hydrogen-bond acceptors (Lipinski definition) is 2. The fraction of sp³-hybridized carbons (Fsp3) is 0.125. The Morgan fingerprint density at radius 1 is 1.45 bits per heavy atom. The number of Topliss-reactive ketones (excluding diaryl/α,β-unsaturated/α-hetero) is 1. The lowest BCUT2D eigenvalue weighted by atomic mass is 10.2. The molecule has 1 aromatic rings. The van der Waals surface area contributed by atoms with Crippen LogP contribution < -0.4 is 0 Å². The van der Waals surface area contributed by atoms with Crippen LogP contribution in [0.25, 0.3) is 0 Å². The van der Waals surface area contributed by atoms with E-state index in [-0.39, 0.29) is 5.78 Å². The second kappa shape index (κ2) is 2.54. The van der Waals surface area contributed by atoms with Crippen molar-refractivity contribution in [1.82, 2.24) is 0 Å². The summed E-state index contributed by atoms with van der Waals surface area (Å²) in [5.74, 6) is 0.728. The Morgan fingerprint density at radius 3 is 3.00 bits per heavy atom. The average Bonchev–Trinajstić information content (AvgIpc) is 2.35. The van der Waals surface area contributed by atoms with Gasteiger partial charge in [-0.15, -0.1) is 11.8 Å². The third-order valence-corrected chi connectivity index (χ3v) is 3.18. The van der Waals surface area contributed by atoms with Crippen molar-refractivity contribution in [2.24, 2.45) is 0 Å². The third kappa shape index (κ3) is 1.06. The molecule has 1 aromatic carbocycles. The van der Waals surface area contributed by atoms with Gasteiger partial charge < -0.3 is 0 Å². The summed E-state index contributed by atoms with van der Waals surface area (Å²) in [5, 5.41) is 0.693. The van der Waals surface area contributed by atoms with Crippen molar-refractivity contribution in [2.75, 3.05) is 5.75 Å². The molecule has 0 amide bonds. The molecule has 1 aliphatic rings. The molecule has 0 aromatic heterocycles. The second-order valence-electron chi connectivity index (χ2n) is 2.33. The molecular weight excluding hydrogens is 180 g/mol. The van der Waals surface area contributed by atoms with Gasteiger partial charge in [-0.1, -0.05) is 23.7 Å². The Balaban J connectivity index is 2.66. The number of carbonyl (C=O) groups excluding carboxylic acids is 1. The van der Waals surface area contributed by atoms with Crippen LogP contribution in [0.15, 0.2) is 23.1 Å². The third-order valence-electron chi connectivity index (χ3n) is 1.61. The van der Waals surface area contributed by atoms with Crippen LogP contribution in [-0.2, 0) is 0 Å². The second-order valence-corrected chi connectivity index (χ2v) is 3.72. The van der Waals surface area contributed by atoms with E-state index in [2.05, 4.69) is 0 Å². The zero-order chi connectivity index (χ0) is 7.84. The first-order chi connectivity index (χ1) is 5.29. The molecule has 0 spiro atoms. The minimum Gasteiger partial charge on any atom is -0.293 e. The highest BCUT2D eigenvalue weighted by Gasteiger charge is 2.21. The van der Waals surface area contributed by atoms with Crippen LogP contribution in [0, 0.1) is 0 Å². The van der Waals surface area contributed by atoms with Gasteiger partial charge in [0.1, 0.15) is 0 Å². The van der Waals surface area contributed by atoms with E-state index in [1.54, 1.807) is 0 Å². The molecule has 0 fully saturated rings. The standard InChI is InChI=1S/C8H5ClOS/c9-6-3-1-2-5-7(10)4-11-8(5)6/h1-3H,4H2. The molecule has 0 bridgehead atoms. The highest BCUT2D eigenvalue weighted by molar-refractivity contribution is 8.00. The van der Waals surface area contributed by atoms with Crippen LogP contribution in [0.5, 0.6) is 0 Å². The molecule has 0 aliphatic carbocycles. The molecular formula is C8H5ClOS. The number of fused-ring (bicyclic) bond motifs is 1. The molecule has 2 rings (SSSR count). The maximum absolute atomic E-state index is 11.1. The molecule has 3 heteroatoms. The van der Waals surface area contributed by atoms with Crippen molar-refractivity contribution in [1.29, 1.82) is 0 Å². The van der Waals surface area contributed by atoms with Crippen molar-refractivity contribution in [2.45, 2.75) is 4.90 Å². The Morgan fingerprint density at radius 2 is 2.27 bits per heavy atom. The maximum atomic E-state index is 11.1. The average molecular weight is 185 g/mol. The lowest BCUT2D eigenvalue weighted by molar-refractivity contribution is 0.102. The number of halogens is 1. The summed E-state index contributed by atoms with van der Waals surface area (Å²) in [6, 6.07) is 5.44. The molecule has 0 unspecified atom stereocenters. The fourth-order valence-electron chi connectivity index (χ4n) is 1.09. The largest absolute Gasteiger partial charge is 0.293 e. The van der Waals surface area contributed by atoms with Crippen LogP contribution in [0.4, 0.5) is 0 Å². The van der Waals surface area contributed by atoms with E-state index in [1.807, 2.05) is 18.2 Å². The Hall–Kier alpha value is -0.470. The normalized spacial score (nSPS) is 15.2. The molecule has 0 radical (unpaired) electrons. The highest BCUT2D eigenvalue weighted by atomic mass is 35.5. The number of thioether (sulfide) groups is 1. The van der Waals surface area contributed by atoms with Crippen LogP contribution in [0.3, 0.4) is 0 Å². The van der Waals surface area contributed by atoms with Crippen molar-refractivity contribution < 1.29 is 4.79 Å². The van der Waals surface area contributed by atoms with E-state index in [4.69, 9.17) is 11.6 Å². The zero-order valence-corrected chi connectivity index (χ0v) is 7.21. The molecule has 0 saturated carbocycles. The van der Waals surface area contributed by atoms with Crippen LogP contribution in [0.1, 0.15) is 10.4 Å². The summed E-state index contributed by atoms with van der Waals surface area (Å²) < 4.78 is 0. The number of benzene rings is 1.